The number of anilines is 1. The van der Waals surface area contributed by atoms with E-state index in [1.807, 2.05) is 19.2 Å². The van der Waals surface area contributed by atoms with Gasteiger partial charge in [0.25, 0.3) is 5.91 Å². The first-order chi connectivity index (χ1) is 14.3. The van der Waals surface area contributed by atoms with Gasteiger partial charge in [-0.2, -0.15) is 0 Å². The number of fused-ring (bicyclic) bond motifs is 1. The molecule has 3 aromatic rings. The standard InChI is InChI=1S/C22H25FN4O3/c1-22(2)11-14(8-9-30-22)13-29-21-17-6-5-16(10-19(17)27(3)26-21)25-20(28)18-7-4-15(23)12-24-18/h4-7,10,12,14H,8-9,11,13H2,1-3H3,(H,25,28). The smallest absolute Gasteiger partial charge is 0.274 e. The minimum Gasteiger partial charge on any atom is -0.476 e. The largest absolute Gasteiger partial charge is 0.476 e. The van der Waals surface area contributed by atoms with Crippen LogP contribution in [0, 0.1) is 11.7 Å². The van der Waals surface area contributed by atoms with E-state index in [1.165, 1.54) is 12.1 Å². The molecule has 4 rings (SSSR count). The van der Waals surface area contributed by atoms with Crippen LogP contribution in [0.1, 0.15) is 37.2 Å². The Morgan fingerprint density at radius 3 is 2.93 bits per heavy atom. The molecule has 30 heavy (non-hydrogen) atoms. The van der Waals surface area contributed by atoms with Gasteiger partial charge in [-0.1, -0.05) is 0 Å². The van der Waals surface area contributed by atoms with E-state index in [0.717, 1.165) is 36.5 Å². The number of nitrogens with zero attached hydrogens (tertiary/aromatic N) is 3. The summed E-state index contributed by atoms with van der Waals surface area (Å²) in [6, 6.07) is 8.04. The zero-order valence-electron chi connectivity index (χ0n) is 17.3. The van der Waals surface area contributed by atoms with Gasteiger partial charge in [-0.3, -0.25) is 9.48 Å². The number of rotatable bonds is 5. The number of amides is 1. The molecule has 1 amide bonds. The molecule has 1 saturated heterocycles. The molecular formula is C22H25FN4O3. The summed E-state index contributed by atoms with van der Waals surface area (Å²) >= 11 is 0. The Bertz CT molecular complexity index is 1060. The molecule has 1 unspecified atom stereocenters. The van der Waals surface area contributed by atoms with E-state index in [4.69, 9.17) is 9.47 Å². The molecule has 1 aliphatic rings. The van der Waals surface area contributed by atoms with Crippen molar-refractivity contribution in [3.05, 3.63) is 48.0 Å². The van der Waals surface area contributed by atoms with E-state index in [9.17, 15) is 9.18 Å². The Labute approximate surface area is 174 Å². The zero-order valence-corrected chi connectivity index (χ0v) is 17.3. The molecule has 7 nitrogen and oxygen atoms in total. The van der Waals surface area contributed by atoms with E-state index < -0.39 is 11.7 Å². The number of nitrogens with one attached hydrogen (secondary N) is 1. The van der Waals surface area contributed by atoms with Crippen LogP contribution in [0.3, 0.4) is 0 Å². The molecule has 0 saturated carbocycles. The van der Waals surface area contributed by atoms with Crippen molar-refractivity contribution in [2.24, 2.45) is 13.0 Å². The molecule has 1 aromatic carbocycles. The maximum atomic E-state index is 13.0. The van der Waals surface area contributed by atoms with Gasteiger partial charge in [0.15, 0.2) is 0 Å². The molecule has 0 aliphatic carbocycles. The van der Waals surface area contributed by atoms with Gasteiger partial charge >= 0.3 is 0 Å². The number of hydrogen-bond donors (Lipinski definition) is 1. The maximum Gasteiger partial charge on any atom is 0.274 e. The second-order valence-electron chi connectivity index (χ2n) is 8.25. The van der Waals surface area contributed by atoms with Crippen LogP contribution in [0.4, 0.5) is 10.1 Å². The molecule has 8 heteroatoms. The summed E-state index contributed by atoms with van der Waals surface area (Å²) in [5.41, 5.74) is 1.46. The Morgan fingerprint density at radius 1 is 1.37 bits per heavy atom. The number of aromatic nitrogens is 3. The molecule has 0 spiro atoms. The Hall–Kier alpha value is -3.00. The lowest BCUT2D eigenvalue weighted by molar-refractivity contribution is -0.0786. The predicted molar refractivity (Wildman–Crippen MR) is 111 cm³/mol. The van der Waals surface area contributed by atoms with Crippen molar-refractivity contribution in [1.29, 1.82) is 0 Å². The molecule has 158 valence electrons. The Balaban J connectivity index is 1.47. The van der Waals surface area contributed by atoms with Crippen LogP contribution in [-0.4, -0.2) is 39.5 Å². The molecule has 0 bridgehead atoms. The zero-order chi connectivity index (χ0) is 21.3. The third kappa shape index (κ3) is 4.43. The fraction of sp³-hybridized carbons (Fsp3) is 0.409. The van der Waals surface area contributed by atoms with Gasteiger partial charge < -0.3 is 14.8 Å². The molecule has 1 N–H and O–H groups in total. The molecule has 2 aromatic heterocycles. The monoisotopic (exact) mass is 412 g/mol. The third-order valence-electron chi connectivity index (χ3n) is 5.29. The molecule has 1 fully saturated rings. The normalized spacial score (nSPS) is 18.3. The number of pyridine rings is 1. The van der Waals surface area contributed by atoms with E-state index in [0.29, 0.717) is 24.1 Å². The molecule has 1 aliphatic heterocycles. The van der Waals surface area contributed by atoms with Gasteiger partial charge in [0.05, 0.1) is 29.3 Å². The van der Waals surface area contributed by atoms with Crippen LogP contribution >= 0.6 is 0 Å². The Kier molecular flexibility index (Phi) is 5.42. The van der Waals surface area contributed by atoms with Crippen LogP contribution in [-0.2, 0) is 11.8 Å². The van der Waals surface area contributed by atoms with Crippen LogP contribution in [0.5, 0.6) is 5.88 Å². The van der Waals surface area contributed by atoms with E-state index >= 15 is 0 Å². The van der Waals surface area contributed by atoms with Crippen LogP contribution in [0.25, 0.3) is 10.9 Å². The van der Waals surface area contributed by atoms with Gasteiger partial charge in [-0.15, -0.1) is 5.10 Å². The second kappa shape index (κ2) is 8.02. The summed E-state index contributed by atoms with van der Waals surface area (Å²) in [4.78, 5) is 16.1. The van der Waals surface area contributed by atoms with E-state index in [1.54, 1.807) is 10.7 Å². The quantitative estimate of drug-likeness (QED) is 0.687. The average molecular weight is 412 g/mol. The van der Waals surface area contributed by atoms with Crippen molar-refractivity contribution >= 4 is 22.5 Å². The summed E-state index contributed by atoms with van der Waals surface area (Å²) in [5.74, 6) is 0.109. The van der Waals surface area contributed by atoms with Gasteiger partial charge in [-0.25, -0.2) is 9.37 Å². The summed E-state index contributed by atoms with van der Waals surface area (Å²) < 4.78 is 26.5. The molecule has 1 atom stereocenters. The summed E-state index contributed by atoms with van der Waals surface area (Å²) in [6.45, 7) is 5.54. The second-order valence-corrected chi connectivity index (χ2v) is 8.25. The Morgan fingerprint density at radius 2 is 2.20 bits per heavy atom. The summed E-state index contributed by atoms with van der Waals surface area (Å²) in [7, 11) is 1.83. The van der Waals surface area contributed by atoms with Crippen molar-refractivity contribution in [3.8, 4) is 5.88 Å². The number of ether oxygens (including phenoxy) is 2. The number of carbonyl (C=O) groups is 1. The maximum absolute atomic E-state index is 13.0. The van der Waals surface area contributed by atoms with Crippen molar-refractivity contribution in [2.45, 2.75) is 32.3 Å². The van der Waals surface area contributed by atoms with Crippen molar-refractivity contribution in [1.82, 2.24) is 14.8 Å². The number of halogens is 1. The lowest BCUT2D eigenvalue weighted by Gasteiger charge is -2.35. The number of aryl methyl sites for hydroxylation is 1. The van der Waals surface area contributed by atoms with Crippen LogP contribution in [0.2, 0.25) is 0 Å². The van der Waals surface area contributed by atoms with E-state index in [-0.39, 0.29) is 11.3 Å². The first-order valence-corrected chi connectivity index (χ1v) is 9.97. The average Bonchev–Trinajstić information content (AvgIpc) is 3.01. The van der Waals surface area contributed by atoms with Crippen LogP contribution < -0.4 is 10.1 Å². The van der Waals surface area contributed by atoms with Crippen LogP contribution in [0.15, 0.2) is 36.5 Å². The van der Waals surface area contributed by atoms with Gasteiger partial charge in [0.2, 0.25) is 5.88 Å². The molecule has 0 radical (unpaired) electrons. The lowest BCUT2D eigenvalue weighted by Crippen LogP contribution is -2.36. The highest BCUT2D eigenvalue weighted by Gasteiger charge is 2.29. The van der Waals surface area contributed by atoms with E-state index in [2.05, 4.69) is 29.2 Å². The van der Waals surface area contributed by atoms with Crippen molar-refractivity contribution < 1.29 is 18.7 Å². The molecular weight excluding hydrogens is 387 g/mol. The topological polar surface area (TPSA) is 78.3 Å². The number of carbonyl (C=O) groups excluding carboxylic acids is 1. The fourth-order valence-electron chi connectivity index (χ4n) is 3.81. The molecule has 3 heterocycles. The minimum atomic E-state index is -0.486. The first-order valence-electron chi connectivity index (χ1n) is 9.97. The predicted octanol–water partition coefficient (Wildman–Crippen LogP) is 3.94. The van der Waals surface area contributed by atoms with Crippen molar-refractivity contribution in [3.63, 3.8) is 0 Å². The van der Waals surface area contributed by atoms with Gasteiger partial charge in [0, 0.05) is 19.3 Å². The summed E-state index contributed by atoms with van der Waals surface area (Å²) in [5, 5.41) is 8.15. The van der Waals surface area contributed by atoms with Crippen molar-refractivity contribution in [2.75, 3.05) is 18.5 Å². The number of hydrogen-bond acceptors (Lipinski definition) is 5. The number of benzene rings is 1. The minimum absolute atomic E-state index is 0.120. The summed E-state index contributed by atoms with van der Waals surface area (Å²) in [6.07, 6.45) is 2.94. The fourth-order valence-corrected chi connectivity index (χ4v) is 3.81. The lowest BCUT2D eigenvalue weighted by atomic mass is 9.89. The van der Waals surface area contributed by atoms with Gasteiger partial charge in [0.1, 0.15) is 11.5 Å². The SMILES string of the molecule is Cn1nc(OCC2CCOC(C)(C)C2)c2ccc(NC(=O)c3ccc(F)cn3)cc21. The third-order valence-corrected chi connectivity index (χ3v) is 5.29. The first kappa shape index (κ1) is 20.3. The highest BCUT2D eigenvalue weighted by molar-refractivity contribution is 6.04. The highest BCUT2D eigenvalue weighted by Crippen LogP contribution is 2.31. The highest BCUT2D eigenvalue weighted by atomic mass is 19.1. The van der Waals surface area contributed by atoms with Gasteiger partial charge in [-0.05, 0) is 62.9 Å².